The molecule has 2 aromatic rings. The maximum absolute atomic E-state index is 10.4. The molecule has 4 heteroatoms. The van der Waals surface area contributed by atoms with Crippen molar-refractivity contribution in [1.29, 1.82) is 0 Å². The topological polar surface area (TPSA) is 38.3 Å². The van der Waals surface area contributed by atoms with Crippen LogP contribution in [0.3, 0.4) is 0 Å². The summed E-state index contributed by atoms with van der Waals surface area (Å²) in [5.41, 5.74) is 4.89. The summed E-state index contributed by atoms with van der Waals surface area (Å²) in [7, 11) is -0.381. The van der Waals surface area contributed by atoms with Gasteiger partial charge < -0.3 is 0 Å². The standard InChI is InChI=1S/C13H12NO2P/c15-17-16-14-13(11-7-3-1-4-8-11)12-9-5-2-6-10-12/h1-10,13-14H. The molecule has 0 fully saturated rings. The highest BCUT2D eigenvalue weighted by molar-refractivity contribution is 7.17. The molecule has 2 rings (SSSR count). The molecule has 0 aliphatic carbocycles. The molecular weight excluding hydrogens is 233 g/mol. The average molecular weight is 245 g/mol. The van der Waals surface area contributed by atoms with Gasteiger partial charge in [0.25, 0.3) is 0 Å². The van der Waals surface area contributed by atoms with Gasteiger partial charge >= 0.3 is 8.69 Å². The minimum Gasteiger partial charge on any atom is -0.239 e. The molecule has 0 heterocycles. The zero-order valence-corrected chi connectivity index (χ0v) is 10.0. The lowest BCUT2D eigenvalue weighted by atomic mass is 10.00. The summed E-state index contributed by atoms with van der Waals surface area (Å²) in [6.45, 7) is 0. The van der Waals surface area contributed by atoms with Gasteiger partial charge in [-0.3, -0.25) is 0 Å². The minimum atomic E-state index is -0.381. The van der Waals surface area contributed by atoms with Crippen molar-refractivity contribution in [1.82, 2.24) is 5.48 Å². The lowest BCUT2D eigenvalue weighted by Crippen LogP contribution is -2.19. The molecule has 0 radical (unpaired) electrons. The van der Waals surface area contributed by atoms with Crippen molar-refractivity contribution >= 4 is 8.69 Å². The second-order valence-corrected chi connectivity index (χ2v) is 3.87. The zero-order valence-electron chi connectivity index (χ0n) is 9.11. The third kappa shape index (κ3) is 3.21. The van der Waals surface area contributed by atoms with E-state index in [0.29, 0.717) is 0 Å². The van der Waals surface area contributed by atoms with E-state index in [0.717, 1.165) is 11.1 Å². The molecule has 0 atom stereocenters. The first kappa shape index (κ1) is 11.9. The molecule has 0 bridgehead atoms. The van der Waals surface area contributed by atoms with Crippen LogP contribution in [0.15, 0.2) is 60.7 Å². The smallest absolute Gasteiger partial charge is 0.239 e. The summed E-state index contributed by atoms with van der Waals surface area (Å²) in [6.07, 6.45) is 0. The number of hydrogen-bond donors (Lipinski definition) is 1. The van der Waals surface area contributed by atoms with Gasteiger partial charge in [-0.1, -0.05) is 60.7 Å². The van der Waals surface area contributed by atoms with Crippen molar-refractivity contribution < 1.29 is 9.19 Å². The van der Waals surface area contributed by atoms with Crippen LogP contribution in [0.2, 0.25) is 0 Å². The Balaban J connectivity index is 2.29. The van der Waals surface area contributed by atoms with Crippen LogP contribution >= 0.6 is 8.69 Å². The van der Waals surface area contributed by atoms with Gasteiger partial charge in [0.1, 0.15) is 0 Å². The number of nitrogens with one attached hydrogen (secondary N) is 1. The molecule has 0 saturated carbocycles. The molecule has 0 aliphatic heterocycles. The molecule has 0 aliphatic rings. The van der Waals surface area contributed by atoms with Gasteiger partial charge in [0.05, 0.1) is 6.04 Å². The summed E-state index contributed by atoms with van der Waals surface area (Å²) in [5.74, 6) is 0. The second kappa shape index (κ2) is 6.26. The van der Waals surface area contributed by atoms with Crippen molar-refractivity contribution in [3.8, 4) is 0 Å². The molecule has 2 aromatic carbocycles. The Labute approximate surface area is 102 Å². The molecule has 0 amide bonds. The van der Waals surface area contributed by atoms with Crippen molar-refractivity contribution in [3.05, 3.63) is 71.8 Å². The lowest BCUT2D eigenvalue weighted by Gasteiger charge is -2.16. The van der Waals surface area contributed by atoms with Gasteiger partial charge in [-0.25, -0.2) is 9.19 Å². The molecular formula is C13H12NO2P. The maximum atomic E-state index is 10.4. The number of hydrogen-bond acceptors (Lipinski definition) is 3. The van der Waals surface area contributed by atoms with Crippen LogP contribution in [0, 0.1) is 0 Å². The van der Waals surface area contributed by atoms with E-state index in [1.807, 2.05) is 60.7 Å². The first-order valence-corrected chi connectivity index (χ1v) is 5.99. The van der Waals surface area contributed by atoms with E-state index in [4.69, 9.17) is 4.62 Å². The van der Waals surface area contributed by atoms with Crippen molar-refractivity contribution in [3.63, 3.8) is 0 Å². The summed E-state index contributed by atoms with van der Waals surface area (Å²) in [4.78, 5) is 0. The molecule has 17 heavy (non-hydrogen) atoms. The van der Waals surface area contributed by atoms with Crippen LogP contribution in [0.5, 0.6) is 0 Å². The van der Waals surface area contributed by atoms with E-state index in [2.05, 4.69) is 5.48 Å². The van der Waals surface area contributed by atoms with E-state index >= 15 is 0 Å². The van der Waals surface area contributed by atoms with Crippen LogP contribution < -0.4 is 5.48 Å². The highest BCUT2D eigenvalue weighted by Gasteiger charge is 2.13. The van der Waals surface area contributed by atoms with E-state index in [9.17, 15) is 4.57 Å². The summed E-state index contributed by atoms with van der Waals surface area (Å²) in [6, 6.07) is 19.6. The Bertz CT molecular complexity index is 422. The van der Waals surface area contributed by atoms with Gasteiger partial charge in [0, 0.05) is 0 Å². The van der Waals surface area contributed by atoms with Crippen LogP contribution in [0.1, 0.15) is 17.2 Å². The van der Waals surface area contributed by atoms with Gasteiger partial charge in [-0.2, -0.15) is 5.48 Å². The predicted molar refractivity (Wildman–Crippen MR) is 66.6 cm³/mol. The van der Waals surface area contributed by atoms with E-state index in [1.54, 1.807) is 0 Å². The van der Waals surface area contributed by atoms with E-state index in [-0.39, 0.29) is 14.7 Å². The molecule has 1 N–H and O–H groups in total. The van der Waals surface area contributed by atoms with Gasteiger partial charge in [0.15, 0.2) is 0 Å². The van der Waals surface area contributed by atoms with Crippen LogP contribution in [0.25, 0.3) is 0 Å². The predicted octanol–water partition coefficient (Wildman–Crippen LogP) is 3.50. The number of benzene rings is 2. The monoisotopic (exact) mass is 245 g/mol. The fourth-order valence-electron chi connectivity index (χ4n) is 1.69. The molecule has 0 spiro atoms. The van der Waals surface area contributed by atoms with Crippen LogP contribution in [-0.4, -0.2) is 0 Å². The third-order valence-corrected chi connectivity index (χ3v) is 2.65. The SMILES string of the molecule is O=PONC(c1ccccc1)c1ccccc1. The molecule has 0 aromatic heterocycles. The summed E-state index contributed by atoms with van der Waals surface area (Å²) in [5, 5.41) is 0. The Hall–Kier alpha value is -1.54. The largest absolute Gasteiger partial charge is 0.346 e. The molecule has 86 valence electrons. The number of hydroxylamine groups is 1. The molecule has 0 saturated heterocycles. The first-order chi connectivity index (χ1) is 8.42. The average Bonchev–Trinajstić information content (AvgIpc) is 2.42. The lowest BCUT2D eigenvalue weighted by molar-refractivity contribution is 0.192. The Kier molecular flexibility index (Phi) is 4.39. The van der Waals surface area contributed by atoms with Crippen LogP contribution in [-0.2, 0) is 9.19 Å². The van der Waals surface area contributed by atoms with Gasteiger partial charge in [0.2, 0.25) is 0 Å². The Morgan fingerprint density at radius 3 is 1.76 bits per heavy atom. The van der Waals surface area contributed by atoms with Crippen LogP contribution in [0.4, 0.5) is 0 Å². The quantitative estimate of drug-likeness (QED) is 0.647. The zero-order chi connectivity index (χ0) is 11.9. The normalized spacial score (nSPS) is 10.9. The summed E-state index contributed by atoms with van der Waals surface area (Å²) >= 11 is 0. The molecule has 0 unspecified atom stereocenters. The number of rotatable bonds is 5. The van der Waals surface area contributed by atoms with Gasteiger partial charge in [-0.15, -0.1) is 0 Å². The fraction of sp³-hybridized carbons (Fsp3) is 0.0769. The highest BCUT2D eigenvalue weighted by atomic mass is 31.1. The molecule has 3 nitrogen and oxygen atoms in total. The van der Waals surface area contributed by atoms with Crippen molar-refractivity contribution in [2.45, 2.75) is 6.04 Å². The van der Waals surface area contributed by atoms with Crippen molar-refractivity contribution in [2.24, 2.45) is 0 Å². The minimum absolute atomic E-state index is 0.126. The fourth-order valence-corrected chi connectivity index (χ4v) is 1.84. The third-order valence-electron chi connectivity index (χ3n) is 2.47. The summed E-state index contributed by atoms with van der Waals surface area (Å²) < 4.78 is 15.2. The van der Waals surface area contributed by atoms with Gasteiger partial charge in [-0.05, 0) is 11.1 Å². The van der Waals surface area contributed by atoms with Crippen molar-refractivity contribution in [2.75, 3.05) is 0 Å². The van der Waals surface area contributed by atoms with E-state index < -0.39 is 0 Å². The Morgan fingerprint density at radius 2 is 1.35 bits per heavy atom. The Morgan fingerprint density at radius 1 is 0.882 bits per heavy atom. The first-order valence-electron chi connectivity index (χ1n) is 5.26. The second-order valence-electron chi connectivity index (χ2n) is 3.54. The maximum Gasteiger partial charge on any atom is 0.346 e. The van der Waals surface area contributed by atoms with E-state index in [1.165, 1.54) is 0 Å². The highest BCUT2D eigenvalue weighted by Crippen LogP contribution is 2.22.